The van der Waals surface area contributed by atoms with E-state index in [9.17, 15) is 9.59 Å². The Balaban J connectivity index is 1.56. The Morgan fingerprint density at radius 1 is 1.21 bits per heavy atom. The second kappa shape index (κ2) is 11.0. The summed E-state index contributed by atoms with van der Waals surface area (Å²) in [5.41, 5.74) is 1.80. The number of unbranched alkanes of at least 4 members (excludes halogenated alkanes) is 1. The van der Waals surface area contributed by atoms with E-state index in [1.54, 1.807) is 24.2 Å². The van der Waals surface area contributed by atoms with Crippen LogP contribution in [0, 0.1) is 5.92 Å². The molecule has 0 aliphatic carbocycles. The molecule has 0 saturated carbocycles. The maximum atomic E-state index is 13.5. The van der Waals surface area contributed by atoms with Crippen LogP contribution in [0.25, 0.3) is 5.82 Å². The van der Waals surface area contributed by atoms with Gasteiger partial charge in [0.05, 0.1) is 19.1 Å². The highest BCUT2D eigenvalue weighted by molar-refractivity contribution is 5.85. The Hall–Kier alpha value is -3.68. The van der Waals surface area contributed by atoms with Gasteiger partial charge in [-0.3, -0.25) is 9.59 Å². The van der Waals surface area contributed by atoms with Crippen LogP contribution in [0.2, 0.25) is 0 Å². The lowest BCUT2D eigenvalue weighted by molar-refractivity contribution is -0.143. The van der Waals surface area contributed by atoms with Crippen molar-refractivity contribution in [1.29, 1.82) is 0 Å². The summed E-state index contributed by atoms with van der Waals surface area (Å²) in [6.45, 7) is 3.09. The number of nitrogens with zero attached hydrogens (tertiary/aromatic N) is 4. The number of nitrogens with one attached hydrogen (secondary N) is 1. The summed E-state index contributed by atoms with van der Waals surface area (Å²) < 4.78 is 7.29. The van der Waals surface area contributed by atoms with Crippen LogP contribution in [0.3, 0.4) is 0 Å². The van der Waals surface area contributed by atoms with Crippen molar-refractivity contribution < 1.29 is 14.3 Å². The average Bonchev–Trinajstić information content (AvgIpc) is 3.42. The summed E-state index contributed by atoms with van der Waals surface area (Å²) in [6, 6.07) is 12.9. The monoisotopic (exact) mass is 461 g/mol. The molecule has 8 nitrogen and oxygen atoms in total. The lowest BCUT2D eigenvalue weighted by Gasteiger charge is -2.41. The third-order valence-corrected chi connectivity index (χ3v) is 6.27. The van der Waals surface area contributed by atoms with Crippen LogP contribution < -0.4 is 10.1 Å². The van der Waals surface area contributed by atoms with Gasteiger partial charge in [0.1, 0.15) is 5.75 Å². The van der Waals surface area contributed by atoms with Gasteiger partial charge in [0.15, 0.2) is 5.82 Å². The minimum absolute atomic E-state index is 0.0673. The largest absolute Gasteiger partial charge is 0.496 e. The van der Waals surface area contributed by atoms with Gasteiger partial charge in [0, 0.05) is 43.7 Å². The zero-order valence-electron chi connectivity index (χ0n) is 19.7. The zero-order chi connectivity index (χ0) is 23.9. The third-order valence-electron chi connectivity index (χ3n) is 6.27. The summed E-state index contributed by atoms with van der Waals surface area (Å²) in [5.74, 6) is 1.05. The second-order valence-electron chi connectivity index (χ2n) is 8.46. The van der Waals surface area contributed by atoms with Gasteiger partial charge in [-0.15, -0.1) is 0 Å². The van der Waals surface area contributed by atoms with Gasteiger partial charge in [-0.05, 0) is 42.7 Å². The van der Waals surface area contributed by atoms with Gasteiger partial charge in [-0.2, -0.15) is 5.10 Å². The lowest BCUT2D eigenvalue weighted by atomic mass is 9.83. The molecule has 2 amide bonds. The van der Waals surface area contributed by atoms with Crippen molar-refractivity contribution in [3.05, 3.63) is 72.2 Å². The Morgan fingerprint density at radius 2 is 2.06 bits per heavy atom. The van der Waals surface area contributed by atoms with Crippen molar-refractivity contribution in [3.8, 4) is 11.6 Å². The molecule has 34 heavy (non-hydrogen) atoms. The van der Waals surface area contributed by atoms with Crippen molar-refractivity contribution in [2.45, 2.75) is 45.2 Å². The van der Waals surface area contributed by atoms with Crippen molar-refractivity contribution in [3.63, 3.8) is 0 Å². The number of aromatic nitrogens is 3. The molecule has 8 heteroatoms. The van der Waals surface area contributed by atoms with Crippen LogP contribution >= 0.6 is 0 Å². The zero-order valence-corrected chi connectivity index (χ0v) is 19.7. The fraction of sp³-hybridized carbons (Fsp3) is 0.385. The van der Waals surface area contributed by atoms with Gasteiger partial charge in [-0.1, -0.05) is 31.5 Å². The first-order valence-electron chi connectivity index (χ1n) is 11.8. The first kappa shape index (κ1) is 23.5. The Labute approximate surface area is 199 Å². The third kappa shape index (κ3) is 5.11. The minimum atomic E-state index is -0.363. The number of hydrogen-bond acceptors (Lipinski definition) is 5. The van der Waals surface area contributed by atoms with E-state index in [2.05, 4.69) is 22.3 Å². The molecule has 2 atom stereocenters. The van der Waals surface area contributed by atoms with Gasteiger partial charge in [-0.25, -0.2) is 9.67 Å². The van der Waals surface area contributed by atoms with Crippen LogP contribution in [0.4, 0.5) is 0 Å². The van der Waals surface area contributed by atoms with Crippen LogP contribution in [-0.4, -0.2) is 45.1 Å². The van der Waals surface area contributed by atoms with Crippen LogP contribution in [0.5, 0.6) is 5.75 Å². The van der Waals surface area contributed by atoms with Crippen molar-refractivity contribution >= 4 is 11.8 Å². The SMILES string of the molecule is CCCCN1C(=O)CCC(C(=O)NCc2ccnc(-n3cccn3)c2)C1c1ccccc1OC. The number of carbonyl (C=O) groups excluding carboxylic acids is 2. The standard InChI is InChI=1S/C26H31N5O3/c1-3-4-15-30-24(32)11-10-21(25(30)20-8-5-6-9-22(20)34-2)26(33)28-18-19-12-14-27-23(17-19)31-16-7-13-29-31/h5-9,12-14,16-17,21,25H,3-4,10-11,15,18H2,1-2H3,(H,28,33). The molecule has 1 aromatic carbocycles. The van der Waals surface area contributed by atoms with Gasteiger partial charge < -0.3 is 15.0 Å². The molecule has 2 unspecified atom stereocenters. The molecular weight excluding hydrogens is 430 g/mol. The quantitative estimate of drug-likeness (QED) is 0.525. The normalized spacial score (nSPS) is 18.1. The summed E-state index contributed by atoms with van der Waals surface area (Å²) in [5, 5.41) is 7.31. The van der Waals surface area contributed by atoms with Crippen molar-refractivity contribution in [2.24, 2.45) is 5.92 Å². The predicted molar refractivity (Wildman–Crippen MR) is 128 cm³/mol. The van der Waals surface area contributed by atoms with E-state index in [4.69, 9.17) is 4.74 Å². The van der Waals surface area contributed by atoms with Crippen LogP contribution in [-0.2, 0) is 16.1 Å². The summed E-state index contributed by atoms with van der Waals surface area (Å²) >= 11 is 0. The van der Waals surface area contributed by atoms with E-state index < -0.39 is 0 Å². The smallest absolute Gasteiger partial charge is 0.225 e. The number of rotatable bonds is 9. The molecule has 3 heterocycles. The predicted octanol–water partition coefficient (Wildman–Crippen LogP) is 3.67. The number of methoxy groups -OCH3 is 1. The molecule has 1 aliphatic heterocycles. The summed E-state index contributed by atoms with van der Waals surface area (Å²) in [7, 11) is 1.62. The molecule has 3 aromatic rings. The highest BCUT2D eigenvalue weighted by Gasteiger charge is 2.41. The Bertz CT molecular complexity index is 1120. The minimum Gasteiger partial charge on any atom is -0.496 e. The second-order valence-corrected chi connectivity index (χ2v) is 8.46. The number of likely N-dealkylation sites (tertiary alicyclic amines) is 1. The fourth-order valence-electron chi connectivity index (χ4n) is 4.54. The summed E-state index contributed by atoms with van der Waals surface area (Å²) in [6.07, 6.45) is 7.97. The molecule has 0 radical (unpaired) electrons. The lowest BCUT2D eigenvalue weighted by Crippen LogP contribution is -2.48. The van der Waals surface area contributed by atoms with Crippen LogP contribution in [0.15, 0.2) is 61.1 Å². The first-order chi connectivity index (χ1) is 16.6. The van der Waals surface area contributed by atoms with Crippen molar-refractivity contribution in [2.75, 3.05) is 13.7 Å². The number of amides is 2. The molecule has 0 bridgehead atoms. The number of piperidine rings is 1. The van der Waals surface area contributed by atoms with E-state index in [0.717, 1.165) is 24.0 Å². The van der Waals surface area contributed by atoms with Crippen molar-refractivity contribution in [1.82, 2.24) is 25.0 Å². The van der Waals surface area contributed by atoms with E-state index in [1.165, 1.54) is 0 Å². The topological polar surface area (TPSA) is 89.4 Å². The van der Waals surface area contributed by atoms with Gasteiger partial charge in [0.25, 0.3) is 0 Å². The maximum absolute atomic E-state index is 13.5. The Kier molecular flexibility index (Phi) is 7.57. The van der Waals surface area contributed by atoms with Gasteiger partial charge in [0.2, 0.25) is 11.8 Å². The fourth-order valence-corrected chi connectivity index (χ4v) is 4.54. The molecular formula is C26H31N5O3. The molecule has 178 valence electrons. The number of pyridine rings is 1. The maximum Gasteiger partial charge on any atom is 0.225 e. The number of ether oxygens (including phenoxy) is 1. The van der Waals surface area contributed by atoms with E-state index in [1.807, 2.05) is 53.6 Å². The number of hydrogen-bond donors (Lipinski definition) is 1. The molecule has 1 saturated heterocycles. The Morgan fingerprint density at radius 3 is 2.82 bits per heavy atom. The molecule has 1 aliphatic rings. The van der Waals surface area contributed by atoms with E-state index >= 15 is 0 Å². The number of carbonyl (C=O) groups is 2. The highest BCUT2D eigenvalue weighted by Crippen LogP contribution is 2.40. The molecule has 2 aromatic heterocycles. The van der Waals surface area contributed by atoms with E-state index in [0.29, 0.717) is 37.5 Å². The average molecular weight is 462 g/mol. The number of benzene rings is 1. The van der Waals surface area contributed by atoms with Gasteiger partial charge >= 0.3 is 0 Å². The number of para-hydroxylation sites is 1. The summed E-state index contributed by atoms with van der Waals surface area (Å²) in [4.78, 5) is 32.6. The molecule has 1 N–H and O–H groups in total. The molecule has 1 fully saturated rings. The highest BCUT2D eigenvalue weighted by atomic mass is 16.5. The molecule has 4 rings (SSSR count). The molecule has 0 spiro atoms. The van der Waals surface area contributed by atoms with Crippen LogP contribution in [0.1, 0.15) is 49.8 Å². The first-order valence-corrected chi connectivity index (χ1v) is 11.8. The van der Waals surface area contributed by atoms with E-state index in [-0.39, 0.29) is 23.8 Å².